The Morgan fingerprint density at radius 2 is 1.92 bits per heavy atom. The summed E-state index contributed by atoms with van der Waals surface area (Å²) in [5.74, 6) is -0.0777. The molecular weight excluding hydrogens is 338 g/mol. The Hall–Kier alpha value is -1.99. The van der Waals surface area contributed by atoms with E-state index in [0.717, 1.165) is 22.3 Å². The van der Waals surface area contributed by atoms with Crippen molar-refractivity contribution in [2.75, 3.05) is 11.9 Å². The molecule has 136 valence electrons. The molecule has 0 saturated heterocycles. The van der Waals surface area contributed by atoms with Crippen LogP contribution in [0.15, 0.2) is 30.3 Å². The van der Waals surface area contributed by atoms with Crippen molar-refractivity contribution in [2.45, 2.75) is 45.3 Å². The lowest BCUT2D eigenvalue weighted by Gasteiger charge is -2.09. The van der Waals surface area contributed by atoms with Gasteiger partial charge < -0.3 is 5.32 Å². The van der Waals surface area contributed by atoms with Gasteiger partial charge in [-0.05, 0) is 57.9 Å². The monoisotopic (exact) mass is 363 g/mol. The van der Waals surface area contributed by atoms with Crippen molar-refractivity contribution < 1.29 is 13.2 Å². The third-order valence-electron chi connectivity index (χ3n) is 3.87. The Balaban J connectivity index is 1.78. The van der Waals surface area contributed by atoms with Crippen LogP contribution in [0.5, 0.6) is 0 Å². The van der Waals surface area contributed by atoms with E-state index in [1.807, 2.05) is 37.3 Å². The van der Waals surface area contributed by atoms with Gasteiger partial charge in [0.05, 0.1) is 10.8 Å². The number of carbonyl (C=O) groups is 1. The van der Waals surface area contributed by atoms with E-state index in [-0.39, 0.29) is 5.91 Å². The van der Waals surface area contributed by atoms with E-state index in [9.17, 15) is 13.2 Å². The molecule has 25 heavy (non-hydrogen) atoms. The molecule has 2 aromatic rings. The van der Waals surface area contributed by atoms with Gasteiger partial charge in [-0.1, -0.05) is 6.07 Å². The molecule has 1 amide bonds. The second kappa shape index (κ2) is 8.40. The number of aryl methyl sites for hydroxylation is 1. The average Bonchev–Trinajstić information content (AvgIpc) is 2.54. The number of fused-ring (bicyclic) bond motifs is 1. The van der Waals surface area contributed by atoms with Crippen molar-refractivity contribution in [3.8, 4) is 0 Å². The molecule has 0 aliphatic heterocycles. The Morgan fingerprint density at radius 1 is 1.16 bits per heavy atom. The minimum Gasteiger partial charge on any atom is -0.326 e. The van der Waals surface area contributed by atoms with Crippen LogP contribution >= 0.6 is 0 Å². The Morgan fingerprint density at radius 3 is 2.64 bits per heavy atom. The number of pyridine rings is 1. The summed E-state index contributed by atoms with van der Waals surface area (Å²) in [7, 11) is -3.23. The van der Waals surface area contributed by atoms with Gasteiger partial charge in [-0.25, -0.2) is 13.1 Å². The summed E-state index contributed by atoms with van der Waals surface area (Å²) in [4.78, 5) is 16.4. The predicted octanol–water partition coefficient (Wildman–Crippen LogP) is 2.98. The maximum Gasteiger partial charge on any atom is 0.224 e. The fourth-order valence-electron chi connectivity index (χ4n) is 2.32. The number of hydrogen-bond acceptors (Lipinski definition) is 4. The number of benzene rings is 1. The number of amides is 1. The first kappa shape index (κ1) is 19.3. The Kier molecular flexibility index (Phi) is 6.50. The minimum atomic E-state index is -3.23. The maximum absolute atomic E-state index is 12.0. The zero-order chi connectivity index (χ0) is 18.4. The molecule has 0 fully saturated rings. The number of sulfonamides is 1. The van der Waals surface area contributed by atoms with Gasteiger partial charge in [0, 0.05) is 29.7 Å². The van der Waals surface area contributed by atoms with E-state index in [1.54, 1.807) is 13.8 Å². The van der Waals surface area contributed by atoms with Crippen molar-refractivity contribution in [3.63, 3.8) is 0 Å². The first-order valence-corrected chi connectivity index (χ1v) is 9.98. The van der Waals surface area contributed by atoms with Crippen molar-refractivity contribution in [1.82, 2.24) is 9.71 Å². The van der Waals surface area contributed by atoms with E-state index in [1.165, 1.54) is 0 Å². The summed E-state index contributed by atoms with van der Waals surface area (Å²) in [5.41, 5.74) is 2.59. The van der Waals surface area contributed by atoms with E-state index >= 15 is 0 Å². The van der Waals surface area contributed by atoms with E-state index < -0.39 is 15.3 Å². The zero-order valence-corrected chi connectivity index (χ0v) is 15.7. The highest BCUT2D eigenvalue weighted by Crippen LogP contribution is 2.18. The normalized spacial score (nSPS) is 11.8. The number of aromatic nitrogens is 1. The van der Waals surface area contributed by atoms with Crippen LogP contribution in [0.3, 0.4) is 0 Å². The third kappa shape index (κ3) is 5.79. The van der Waals surface area contributed by atoms with Crippen molar-refractivity contribution in [3.05, 3.63) is 36.0 Å². The molecule has 0 saturated carbocycles. The van der Waals surface area contributed by atoms with E-state index in [2.05, 4.69) is 15.0 Å². The molecule has 0 radical (unpaired) electrons. The molecule has 0 bridgehead atoms. The number of nitrogens with zero attached hydrogens (tertiary/aromatic N) is 1. The van der Waals surface area contributed by atoms with Crippen molar-refractivity contribution >= 4 is 32.5 Å². The van der Waals surface area contributed by atoms with E-state index in [0.29, 0.717) is 25.8 Å². The molecule has 1 aromatic heterocycles. The minimum absolute atomic E-state index is 0.0777. The lowest BCUT2D eigenvalue weighted by atomic mass is 10.1. The number of hydrogen-bond donors (Lipinski definition) is 2. The molecule has 1 aromatic carbocycles. The van der Waals surface area contributed by atoms with Gasteiger partial charge in [0.2, 0.25) is 15.9 Å². The van der Waals surface area contributed by atoms with E-state index in [4.69, 9.17) is 0 Å². The quantitative estimate of drug-likeness (QED) is 0.706. The summed E-state index contributed by atoms with van der Waals surface area (Å²) in [6.45, 7) is 5.57. The average molecular weight is 363 g/mol. The highest BCUT2D eigenvalue weighted by Gasteiger charge is 2.14. The number of unbranched alkanes of at least 4 members (excludes halogenated alkanes) is 1. The number of carbonyl (C=O) groups excluding carboxylic acids is 1. The summed E-state index contributed by atoms with van der Waals surface area (Å²) in [5, 5.41) is 3.40. The van der Waals surface area contributed by atoms with Gasteiger partial charge in [0.25, 0.3) is 0 Å². The number of anilines is 1. The molecule has 1 heterocycles. The fraction of sp³-hybridized carbons (Fsp3) is 0.444. The SMILES string of the molecule is Cc1ccc2cc(NC(=O)CCCCNS(=O)(=O)C(C)C)ccc2n1. The molecule has 2 N–H and O–H groups in total. The van der Waals surface area contributed by atoms with Crippen LogP contribution in [-0.2, 0) is 14.8 Å². The van der Waals surface area contributed by atoms with Crippen LogP contribution in [0.4, 0.5) is 5.69 Å². The molecular formula is C18H25N3O3S. The first-order valence-electron chi connectivity index (χ1n) is 8.44. The Bertz CT molecular complexity index is 848. The van der Waals surface area contributed by atoms with Crippen molar-refractivity contribution in [1.29, 1.82) is 0 Å². The van der Waals surface area contributed by atoms with Gasteiger partial charge >= 0.3 is 0 Å². The molecule has 6 nitrogen and oxygen atoms in total. The van der Waals surface area contributed by atoms with Gasteiger partial charge in [-0.3, -0.25) is 9.78 Å². The first-order chi connectivity index (χ1) is 11.8. The smallest absolute Gasteiger partial charge is 0.224 e. The summed E-state index contributed by atoms with van der Waals surface area (Å²) < 4.78 is 25.7. The molecule has 2 rings (SSSR count). The van der Waals surface area contributed by atoms with Gasteiger partial charge in [-0.2, -0.15) is 0 Å². The van der Waals surface area contributed by atoms with Crippen molar-refractivity contribution in [2.24, 2.45) is 0 Å². The Labute approximate surface area is 149 Å². The molecule has 0 unspecified atom stereocenters. The van der Waals surface area contributed by atoms with Crippen LogP contribution in [-0.4, -0.2) is 31.1 Å². The lowest BCUT2D eigenvalue weighted by Crippen LogP contribution is -2.31. The molecule has 0 atom stereocenters. The summed E-state index contributed by atoms with van der Waals surface area (Å²) in [6, 6.07) is 9.54. The second-order valence-electron chi connectivity index (χ2n) is 6.35. The number of nitrogens with one attached hydrogen (secondary N) is 2. The predicted molar refractivity (Wildman–Crippen MR) is 101 cm³/mol. The molecule has 0 aliphatic carbocycles. The highest BCUT2D eigenvalue weighted by atomic mass is 32.2. The van der Waals surface area contributed by atoms with Gasteiger partial charge in [-0.15, -0.1) is 0 Å². The third-order valence-corrected chi connectivity index (χ3v) is 5.71. The summed E-state index contributed by atoms with van der Waals surface area (Å²) >= 11 is 0. The lowest BCUT2D eigenvalue weighted by molar-refractivity contribution is -0.116. The van der Waals surface area contributed by atoms with Gasteiger partial charge in [0.15, 0.2) is 0 Å². The maximum atomic E-state index is 12.0. The van der Waals surface area contributed by atoms with Crippen LogP contribution in [0.1, 0.15) is 38.8 Å². The largest absolute Gasteiger partial charge is 0.326 e. The number of rotatable bonds is 8. The zero-order valence-electron chi connectivity index (χ0n) is 14.9. The van der Waals surface area contributed by atoms with Crippen LogP contribution < -0.4 is 10.0 Å². The summed E-state index contributed by atoms with van der Waals surface area (Å²) in [6.07, 6.45) is 1.61. The second-order valence-corrected chi connectivity index (χ2v) is 8.68. The topological polar surface area (TPSA) is 88.2 Å². The molecule has 7 heteroatoms. The highest BCUT2D eigenvalue weighted by molar-refractivity contribution is 7.90. The van der Waals surface area contributed by atoms with Gasteiger partial charge in [0.1, 0.15) is 0 Å². The standard InChI is InChI=1S/C18H25N3O3S/c1-13(2)25(23,24)19-11-5-4-6-18(22)21-16-9-10-17-15(12-16)8-7-14(3)20-17/h7-10,12-13,19H,4-6,11H2,1-3H3,(H,21,22). The molecule has 0 spiro atoms. The fourth-order valence-corrected chi connectivity index (χ4v) is 3.08. The van der Waals surface area contributed by atoms with Crippen LogP contribution in [0.2, 0.25) is 0 Å². The van der Waals surface area contributed by atoms with Crippen LogP contribution in [0.25, 0.3) is 10.9 Å². The van der Waals surface area contributed by atoms with Crippen LogP contribution in [0, 0.1) is 6.92 Å². The molecule has 0 aliphatic rings.